The maximum atomic E-state index is 11.7. The van der Waals surface area contributed by atoms with Crippen molar-refractivity contribution in [1.29, 1.82) is 0 Å². The third-order valence-electron chi connectivity index (χ3n) is 3.89. The van der Waals surface area contributed by atoms with Crippen LogP contribution >= 0.6 is 0 Å². The Morgan fingerprint density at radius 2 is 2.31 bits per heavy atom. The zero-order valence-corrected chi connectivity index (χ0v) is 9.53. The van der Waals surface area contributed by atoms with Gasteiger partial charge in [-0.15, -0.1) is 0 Å². The molecule has 2 atom stereocenters. The first-order chi connectivity index (χ1) is 7.55. The molecule has 0 spiro atoms. The van der Waals surface area contributed by atoms with E-state index in [2.05, 4.69) is 5.32 Å². The molecule has 0 bridgehead atoms. The van der Waals surface area contributed by atoms with Crippen molar-refractivity contribution in [3.05, 3.63) is 0 Å². The molecule has 1 aliphatic heterocycles. The Labute approximate surface area is 94.8 Å². The summed E-state index contributed by atoms with van der Waals surface area (Å²) in [5.74, 6) is -0.784. The SMILES string of the molecule is CC1(C(=O)O)CCCC1N1CCCNC1=O. The first-order valence-electron chi connectivity index (χ1n) is 5.83. The van der Waals surface area contributed by atoms with Crippen molar-refractivity contribution in [3.63, 3.8) is 0 Å². The van der Waals surface area contributed by atoms with Crippen LogP contribution in [-0.2, 0) is 4.79 Å². The van der Waals surface area contributed by atoms with Crippen molar-refractivity contribution in [2.24, 2.45) is 5.41 Å². The highest BCUT2D eigenvalue weighted by Gasteiger charge is 2.49. The van der Waals surface area contributed by atoms with E-state index in [1.807, 2.05) is 0 Å². The third-order valence-corrected chi connectivity index (χ3v) is 3.89. The van der Waals surface area contributed by atoms with Crippen molar-refractivity contribution < 1.29 is 14.7 Å². The van der Waals surface area contributed by atoms with Gasteiger partial charge in [-0.05, 0) is 26.2 Å². The molecule has 0 aromatic rings. The Kier molecular flexibility index (Phi) is 2.78. The number of carboxylic acid groups (broad SMARTS) is 1. The minimum atomic E-state index is -0.784. The lowest BCUT2D eigenvalue weighted by molar-refractivity contribution is -0.150. The number of aliphatic carboxylic acids is 1. The Bertz CT molecular complexity index is 318. The number of rotatable bonds is 2. The van der Waals surface area contributed by atoms with Gasteiger partial charge in [0.2, 0.25) is 0 Å². The summed E-state index contributed by atoms with van der Waals surface area (Å²) in [5.41, 5.74) is -0.769. The minimum Gasteiger partial charge on any atom is -0.481 e. The van der Waals surface area contributed by atoms with Gasteiger partial charge >= 0.3 is 12.0 Å². The van der Waals surface area contributed by atoms with E-state index < -0.39 is 11.4 Å². The lowest BCUT2D eigenvalue weighted by Gasteiger charge is -2.39. The van der Waals surface area contributed by atoms with Crippen LogP contribution in [0.2, 0.25) is 0 Å². The monoisotopic (exact) mass is 226 g/mol. The third kappa shape index (κ3) is 1.64. The molecule has 0 aromatic heterocycles. The molecule has 2 N–H and O–H groups in total. The van der Waals surface area contributed by atoms with Gasteiger partial charge in [-0.2, -0.15) is 0 Å². The fourth-order valence-electron chi connectivity index (χ4n) is 2.84. The van der Waals surface area contributed by atoms with Crippen LogP contribution in [0.4, 0.5) is 4.79 Å². The second kappa shape index (κ2) is 3.96. The van der Waals surface area contributed by atoms with Crippen molar-refractivity contribution in [2.75, 3.05) is 13.1 Å². The van der Waals surface area contributed by atoms with E-state index in [-0.39, 0.29) is 12.1 Å². The standard InChI is InChI=1S/C11H18N2O3/c1-11(9(14)15)5-2-4-8(11)13-7-3-6-12-10(13)16/h8H,2-7H2,1H3,(H,12,16)(H,14,15). The van der Waals surface area contributed by atoms with Crippen LogP contribution in [0.15, 0.2) is 0 Å². The molecule has 5 heteroatoms. The largest absolute Gasteiger partial charge is 0.481 e. The van der Waals surface area contributed by atoms with Crippen LogP contribution < -0.4 is 5.32 Å². The van der Waals surface area contributed by atoms with Gasteiger partial charge in [-0.3, -0.25) is 4.79 Å². The van der Waals surface area contributed by atoms with Crippen LogP contribution in [0.25, 0.3) is 0 Å². The number of nitrogens with zero attached hydrogens (tertiary/aromatic N) is 1. The molecule has 2 fully saturated rings. The number of carbonyl (C=O) groups excluding carboxylic acids is 1. The van der Waals surface area contributed by atoms with Crippen molar-refractivity contribution in [3.8, 4) is 0 Å². The van der Waals surface area contributed by atoms with Crippen LogP contribution in [-0.4, -0.2) is 41.1 Å². The summed E-state index contributed by atoms with van der Waals surface area (Å²) >= 11 is 0. The van der Waals surface area contributed by atoms with Crippen molar-refractivity contribution in [1.82, 2.24) is 10.2 Å². The topological polar surface area (TPSA) is 69.6 Å². The summed E-state index contributed by atoms with van der Waals surface area (Å²) in [7, 11) is 0. The Balaban J connectivity index is 2.19. The highest BCUT2D eigenvalue weighted by molar-refractivity contribution is 5.79. The van der Waals surface area contributed by atoms with Crippen LogP contribution in [0.1, 0.15) is 32.6 Å². The van der Waals surface area contributed by atoms with Gasteiger partial charge in [0.25, 0.3) is 0 Å². The summed E-state index contributed by atoms with van der Waals surface area (Å²) in [6.07, 6.45) is 3.25. The average molecular weight is 226 g/mol. The molecule has 1 heterocycles. The molecule has 1 aliphatic carbocycles. The molecule has 0 radical (unpaired) electrons. The van der Waals surface area contributed by atoms with Crippen molar-refractivity contribution >= 4 is 12.0 Å². The number of hydrogen-bond acceptors (Lipinski definition) is 2. The predicted molar refractivity (Wildman–Crippen MR) is 58.1 cm³/mol. The Morgan fingerprint density at radius 1 is 1.56 bits per heavy atom. The van der Waals surface area contributed by atoms with E-state index in [0.717, 1.165) is 19.3 Å². The molecule has 2 rings (SSSR count). The van der Waals surface area contributed by atoms with Gasteiger partial charge in [0.05, 0.1) is 5.41 Å². The second-order valence-corrected chi connectivity index (χ2v) is 4.91. The molecular weight excluding hydrogens is 208 g/mol. The van der Waals surface area contributed by atoms with Crippen LogP contribution in [0.5, 0.6) is 0 Å². The average Bonchev–Trinajstić information content (AvgIpc) is 2.63. The number of urea groups is 1. The molecule has 2 unspecified atom stereocenters. The number of hydrogen-bond donors (Lipinski definition) is 2. The maximum absolute atomic E-state index is 11.7. The number of carboxylic acids is 1. The van der Waals surface area contributed by atoms with Gasteiger partial charge in [0.15, 0.2) is 0 Å². The van der Waals surface area contributed by atoms with Crippen molar-refractivity contribution in [2.45, 2.75) is 38.6 Å². The highest BCUT2D eigenvalue weighted by atomic mass is 16.4. The zero-order chi connectivity index (χ0) is 11.8. The molecular formula is C11H18N2O3. The molecule has 2 amide bonds. The van der Waals surface area contributed by atoms with E-state index >= 15 is 0 Å². The van der Waals surface area contributed by atoms with Gasteiger partial charge in [0.1, 0.15) is 0 Å². The summed E-state index contributed by atoms with van der Waals surface area (Å²) in [4.78, 5) is 24.8. The number of carbonyl (C=O) groups is 2. The lowest BCUT2D eigenvalue weighted by atomic mass is 9.84. The second-order valence-electron chi connectivity index (χ2n) is 4.91. The first kappa shape index (κ1) is 11.2. The molecule has 1 saturated heterocycles. The van der Waals surface area contributed by atoms with Gasteiger partial charge in [-0.1, -0.05) is 6.42 Å². The molecule has 2 aliphatic rings. The maximum Gasteiger partial charge on any atom is 0.317 e. The smallest absolute Gasteiger partial charge is 0.317 e. The first-order valence-corrected chi connectivity index (χ1v) is 5.83. The fraction of sp³-hybridized carbons (Fsp3) is 0.818. The molecule has 0 aromatic carbocycles. The summed E-state index contributed by atoms with van der Waals surface area (Å²) in [6, 6.07) is -0.254. The van der Waals surface area contributed by atoms with E-state index in [4.69, 9.17) is 0 Å². The fourth-order valence-corrected chi connectivity index (χ4v) is 2.84. The minimum absolute atomic E-state index is 0.106. The van der Waals surface area contributed by atoms with E-state index in [1.54, 1.807) is 11.8 Å². The summed E-state index contributed by atoms with van der Waals surface area (Å²) < 4.78 is 0. The molecule has 90 valence electrons. The molecule has 16 heavy (non-hydrogen) atoms. The van der Waals surface area contributed by atoms with Gasteiger partial charge < -0.3 is 15.3 Å². The van der Waals surface area contributed by atoms with Gasteiger partial charge in [0, 0.05) is 19.1 Å². The molecule has 1 saturated carbocycles. The van der Waals surface area contributed by atoms with E-state index in [0.29, 0.717) is 19.5 Å². The Hall–Kier alpha value is -1.26. The molecule has 5 nitrogen and oxygen atoms in total. The van der Waals surface area contributed by atoms with E-state index in [1.165, 1.54) is 0 Å². The number of amides is 2. The summed E-state index contributed by atoms with van der Waals surface area (Å²) in [5, 5.41) is 12.1. The van der Waals surface area contributed by atoms with E-state index in [9.17, 15) is 14.7 Å². The lowest BCUT2D eigenvalue weighted by Crippen LogP contribution is -2.56. The predicted octanol–water partition coefficient (Wildman–Crippen LogP) is 1.05. The Morgan fingerprint density at radius 3 is 2.94 bits per heavy atom. The zero-order valence-electron chi connectivity index (χ0n) is 9.53. The highest BCUT2D eigenvalue weighted by Crippen LogP contribution is 2.41. The number of nitrogens with one attached hydrogen (secondary N) is 1. The van der Waals surface area contributed by atoms with Crippen LogP contribution in [0.3, 0.4) is 0 Å². The summed E-state index contributed by atoms with van der Waals surface area (Å²) in [6.45, 7) is 3.14. The quantitative estimate of drug-likeness (QED) is 0.739. The van der Waals surface area contributed by atoms with Crippen LogP contribution in [0, 0.1) is 5.41 Å². The normalized spacial score (nSPS) is 34.9. The van der Waals surface area contributed by atoms with Gasteiger partial charge in [-0.25, -0.2) is 4.79 Å².